The minimum Gasteiger partial charge on any atom is -0.274 e. The molecule has 1 heterocycles. The molecule has 2 bridgehead atoms. The van der Waals surface area contributed by atoms with E-state index in [2.05, 4.69) is 17.3 Å². The second-order valence-electron chi connectivity index (χ2n) is 6.37. The van der Waals surface area contributed by atoms with Crippen LogP contribution in [0.1, 0.15) is 35.8 Å². The maximum absolute atomic E-state index is 14.1. The molecule has 1 amide bonds. The molecule has 0 spiro atoms. The first-order chi connectivity index (χ1) is 10.4. The molecular weight excluding hydrogens is 285 g/mol. The predicted molar refractivity (Wildman–Crippen MR) is 79.4 cm³/mol. The molecule has 4 atom stereocenters. The number of carbonyl (C=O) groups excluding carboxylic acids is 1. The van der Waals surface area contributed by atoms with Crippen LogP contribution < -0.4 is 0 Å². The summed E-state index contributed by atoms with van der Waals surface area (Å²) in [5.74, 6) is 0.391. The summed E-state index contributed by atoms with van der Waals surface area (Å²) >= 11 is 0. The first kappa shape index (κ1) is 15.2. The van der Waals surface area contributed by atoms with Crippen molar-refractivity contribution < 1.29 is 14.0 Å². The topological polar surface area (TPSA) is 47.4 Å². The van der Waals surface area contributed by atoms with Crippen molar-refractivity contribution in [2.24, 2.45) is 24.8 Å². The lowest BCUT2D eigenvalue weighted by molar-refractivity contribution is -0.133. The highest BCUT2D eigenvalue weighted by molar-refractivity contribution is 5.94. The third-order valence-corrected chi connectivity index (χ3v) is 5.08. The zero-order valence-corrected chi connectivity index (χ0v) is 13.4. The van der Waals surface area contributed by atoms with E-state index in [1.54, 1.807) is 6.92 Å². The summed E-state index contributed by atoms with van der Waals surface area (Å²) in [4.78, 5) is 18.0. The normalized spacial score (nSPS) is 27.4. The Bertz CT molecular complexity index is 625. The summed E-state index contributed by atoms with van der Waals surface area (Å²) in [6.45, 7) is 3.61. The lowest BCUT2D eigenvalue weighted by Crippen LogP contribution is -2.43. The Morgan fingerprint density at radius 3 is 2.68 bits per heavy atom. The molecule has 0 aromatic carbocycles. The highest BCUT2D eigenvalue weighted by Crippen LogP contribution is 2.46. The number of carbonyl (C=O) groups is 1. The van der Waals surface area contributed by atoms with E-state index in [0.29, 0.717) is 23.4 Å². The number of halogens is 1. The zero-order valence-electron chi connectivity index (χ0n) is 13.4. The quantitative estimate of drug-likeness (QED) is 0.634. The van der Waals surface area contributed by atoms with Crippen molar-refractivity contribution in [1.82, 2.24) is 14.8 Å². The molecule has 5 nitrogen and oxygen atoms in total. The van der Waals surface area contributed by atoms with Crippen molar-refractivity contribution in [3.8, 4) is 0 Å². The van der Waals surface area contributed by atoms with Crippen LogP contribution in [0.4, 0.5) is 4.39 Å². The zero-order chi connectivity index (χ0) is 16.0. The fourth-order valence-corrected chi connectivity index (χ4v) is 3.97. The molecule has 3 rings (SSSR count). The number of rotatable bonds is 4. The van der Waals surface area contributed by atoms with Crippen molar-refractivity contribution in [3.05, 3.63) is 29.4 Å². The number of amides is 1. The average Bonchev–Trinajstić information content (AvgIpc) is 3.15. The van der Waals surface area contributed by atoms with Gasteiger partial charge in [0.15, 0.2) is 0 Å². The van der Waals surface area contributed by atoms with Crippen LogP contribution in [-0.4, -0.2) is 33.9 Å². The molecule has 1 fully saturated rings. The van der Waals surface area contributed by atoms with E-state index in [1.165, 1.54) is 19.2 Å². The smallest absolute Gasteiger partial charge is 0.274 e. The van der Waals surface area contributed by atoms with E-state index in [4.69, 9.17) is 4.84 Å². The molecule has 0 radical (unpaired) electrons. The Kier molecular flexibility index (Phi) is 3.80. The number of hydrogen-bond donors (Lipinski definition) is 0. The number of nitrogens with zero attached hydrogens (tertiary/aromatic N) is 3. The van der Waals surface area contributed by atoms with Gasteiger partial charge >= 0.3 is 0 Å². The molecule has 4 unspecified atom stereocenters. The van der Waals surface area contributed by atoms with Crippen molar-refractivity contribution >= 4 is 5.91 Å². The summed E-state index contributed by atoms with van der Waals surface area (Å²) in [7, 11) is 2.95. The van der Waals surface area contributed by atoms with Crippen LogP contribution in [0.5, 0.6) is 0 Å². The number of aromatic nitrogens is 2. The summed E-state index contributed by atoms with van der Waals surface area (Å²) in [6.07, 6.45) is 6.71. The second kappa shape index (κ2) is 5.50. The minimum atomic E-state index is -0.621. The van der Waals surface area contributed by atoms with Crippen LogP contribution in [0.3, 0.4) is 0 Å². The van der Waals surface area contributed by atoms with Gasteiger partial charge in [0.2, 0.25) is 5.95 Å². The van der Waals surface area contributed by atoms with Gasteiger partial charge in [-0.2, -0.15) is 9.49 Å². The summed E-state index contributed by atoms with van der Waals surface area (Å²) in [5, 5.41) is 5.28. The molecule has 0 N–H and O–H groups in total. The van der Waals surface area contributed by atoms with Crippen molar-refractivity contribution in [2.45, 2.75) is 32.7 Å². The maximum atomic E-state index is 14.1. The van der Waals surface area contributed by atoms with Crippen LogP contribution in [-0.2, 0) is 11.9 Å². The molecule has 1 aromatic rings. The number of hydroxylamine groups is 2. The van der Waals surface area contributed by atoms with Crippen molar-refractivity contribution in [1.29, 1.82) is 0 Å². The fraction of sp³-hybridized carbons (Fsp3) is 0.625. The minimum absolute atomic E-state index is 0.00472. The van der Waals surface area contributed by atoms with Crippen molar-refractivity contribution in [3.63, 3.8) is 0 Å². The third-order valence-electron chi connectivity index (χ3n) is 5.08. The van der Waals surface area contributed by atoms with Gasteiger partial charge < -0.3 is 0 Å². The first-order valence-corrected chi connectivity index (χ1v) is 7.69. The van der Waals surface area contributed by atoms with Crippen molar-refractivity contribution in [2.75, 3.05) is 7.11 Å². The molecule has 2 aliphatic rings. The monoisotopic (exact) mass is 307 g/mol. The Morgan fingerprint density at radius 2 is 2.23 bits per heavy atom. The van der Waals surface area contributed by atoms with E-state index >= 15 is 0 Å². The average molecular weight is 307 g/mol. The van der Waals surface area contributed by atoms with Gasteiger partial charge in [-0.3, -0.25) is 9.63 Å². The molecule has 1 saturated carbocycles. The van der Waals surface area contributed by atoms with E-state index in [9.17, 15) is 9.18 Å². The molecule has 6 heteroatoms. The molecule has 2 aliphatic carbocycles. The Hall–Kier alpha value is -1.69. The lowest BCUT2D eigenvalue weighted by Gasteiger charge is -2.33. The first-order valence-electron chi connectivity index (χ1n) is 7.69. The Morgan fingerprint density at radius 1 is 1.50 bits per heavy atom. The SMILES string of the molecule is CON(C(=O)c1c(C)nn(C)c1F)C(C)C1CC2C=CC1C2. The van der Waals surface area contributed by atoms with Crippen LogP contribution >= 0.6 is 0 Å². The highest BCUT2D eigenvalue weighted by Gasteiger charge is 2.42. The number of fused-ring (bicyclic) bond motifs is 2. The van der Waals surface area contributed by atoms with E-state index in [0.717, 1.165) is 17.5 Å². The summed E-state index contributed by atoms with van der Waals surface area (Å²) < 4.78 is 15.2. The molecule has 0 saturated heterocycles. The van der Waals surface area contributed by atoms with Gasteiger partial charge in [-0.15, -0.1) is 0 Å². The number of hydrogen-bond acceptors (Lipinski definition) is 3. The van der Waals surface area contributed by atoms with E-state index < -0.39 is 11.9 Å². The maximum Gasteiger partial charge on any atom is 0.284 e. The predicted octanol–water partition coefficient (Wildman–Crippen LogP) is 2.47. The van der Waals surface area contributed by atoms with Crippen LogP contribution in [0.25, 0.3) is 0 Å². The molecule has 0 aliphatic heterocycles. The van der Waals surface area contributed by atoms with Gasteiger partial charge in [0.1, 0.15) is 5.56 Å². The van der Waals surface area contributed by atoms with Gasteiger partial charge in [0.25, 0.3) is 5.91 Å². The highest BCUT2D eigenvalue weighted by atomic mass is 19.1. The molecule has 22 heavy (non-hydrogen) atoms. The second-order valence-corrected chi connectivity index (χ2v) is 6.37. The molecular formula is C16H22FN3O2. The van der Waals surface area contributed by atoms with E-state index in [-0.39, 0.29) is 11.6 Å². The number of aryl methyl sites for hydroxylation is 2. The Balaban J connectivity index is 1.84. The fourth-order valence-electron chi connectivity index (χ4n) is 3.97. The van der Waals surface area contributed by atoms with Crippen LogP contribution in [0, 0.1) is 30.6 Å². The van der Waals surface area contributed by atoms with Gasteiger partial charge in [0.05, 0.1) is 18.8 Å². The van der Waals surface area contributed by atoms with Gasteiger partial charge in [-0.25, -0.2) is 9.75 Å². The Labute approximate surface area is 129 Å². The van der Waals surface area contributed by atoms with Crippen LogP contribution in [0.15, 0.2) is 12.2 Å². The molecule has 120 valence electrons. The largest absolute Gasteiger partial charge is 0.284 e. The molecule has 1 aromatic heterocycles. The van der Waals surface area contributed by atoms with Gasteiger partial charge in [-0.1, -0.05) is 12.2 Å². The summed E-state index contributed by atoms with van der Waals surface area (Å²) in [5.41, 5.74) is 0.377. The third kappa shape index (κ3) is 2.26. The lowest BCUT2D eigenvalue weighted by atomic mass is 9.87. The van der Waals surface area contributed by atoms with Crippen LogP contribution in [0.2, 0.25) is 0 Å². The van der Waals surface area contributed by atoms with Gasteiger partial charge in [0, 0.05) is 7.05 Å². The summed E-state index contributed by atoms with van der Waals surface area (Å²) in [6, 6.07) is -0.101. The standard InChI is InChI=1S/C16H22FN3O2/c1-9-14(15(17)19(3)18-9)16(21)20(22-4)10(2)13-8-11-5-6-12(13)7-11/h5-6,10-13H,7-8H2,1-4H3. The van der Waals surface area contributed by atoms with E-state index in [1.807, 2.05) is 6.92 Å². The van der Waals surface area contributed by atoms with Gasteiger partial charge in [-0.05, 0) is 44.4 Å². The number of allylic oxidation sites excluding steroid dienone is 2.